The Labute approximate surface area is 90.6 Å². The Morgan fingerprint density at radius 3 is 3.13 bits per heavy atom. The van der Waals surface area contributed by atoms with E-state index in [2.05, 4.69) is 15.2 Å². The van der Waals surface area contributed by atoms with E-state index in [4.69, 9.17) is 17.3 Å². The van der Waals surface area contributed by atoms with E-state index in [1.165, 1.54) is 0 Å². The van der Waals surface area contributed by atoms with Crippen molar-refractivity contribution in [2.45, 2.75) is 0 Å². The number of H-pyrrole nitrogens is 1. The van der Waals surface area contributed by atoms with Gasteiger partial charge in [-0.15, -0.1) is 11.6 Å². The average Bonchev–Trinajstić information content (AvgIpc) is 2.65. The molecule has 0 saturated heterocycles. The van der Waals surface area contributed by atoms with Crippen LogP contribution in [-0.4, -0.2) is 27.0 Å². The number of nitrogens with two attached hydrogens (primary N) is 1. The van der Waals surface area contributed by atoms with Gasteiger partial charge < -0.3 is 10.8 Å². The number of aliphatic imine (C=N–C) groups is 1. The number of aromatic amines is 1. The minimum atomic E-state index is 0.0527. The third-order valence-electron chi connectivity index (χ3n) is 1.94. The predicted octanol–water partition coefficient (Wildman–Crippen LogP) is 1.50. The van der Waals surface area contributed by atoms with Crippen LogP contribution in [0.1, 0.15) is 0 Å². The second kappa shape index (κ2) is 3.78. The van der Waals surface area contributed by atoms with Crippen molar-refractivity contribution < 1.29 is 5.11 Å². The smallest absolute Gasteiger partial charge is 0.142 e. The minimum absolute atomic E-state index is 0.0527. The molecule has 5 nitrogen and oxygen atoms in total. The molecule has 0 amide bonds. The zero-order chi connectivity index (χ0) is 10.8. The van der Waals surface area contributed by atoms with Crippen molar-refractivity contribution in [1.29, 1.82) is 0 Å². The fraction of sp³-hybridized carbons (Fsp3) is 0.111. The molecule has 1 aromatic heterocycles. The van der Waals surface area contributed by atoms with Crippen molar-refractivity contribution in [2.24, 2.45) is 10.7 Å². The van der Waals surface area contributed by atoms with Crippen molar-refractivity contribution in [2.75, 3.05) is 5.88 Å². The van der Waals surface area contributed by atoms with Crippen molar-refractivity contribution in [3.8, 4) is 5.75 Å². The van der Waals surface area contributed by atoms with Crippen LogP contribution in [-0.2, 0) is 0 Å². The molecule has 15 heavy (non-hydrogen) atoms. The van der Waals surface area contributed by atoms with Crippen LogP contribution in [0.5, 0.6) is 5.75 Å². The van der Waals surface area contributed by atoms with Crippen LogP contribution < -0.4 is 5.73 Å². The lowest BCUT2D eigenvalue weighted by molar-refractivity contribution is 0.477. The Bertz CT molecular complexity index is 520. The maximum Gasteiger partial charge on any atom is 0.142 e. The summed E-state index contributed by atoms with van der Waals surface area (Å²) >= 11 is 5.49. The summed E-state index contributed by atoms with van der Waals surface area (Å²) in [6, 6.07) is 3.23. The van der Waals surface area contributed by atoms with Crippen LogP contribution in [0.25, 0.3) is 10.9 Å². The number of nitrogens with one attached hydrogen (secondary N) is 1. The molecular formula is C9H9ClN4O. The van der Waals surface area contributed by atoms with E-state index < -0.39 is 0 Å². The van der Waals surface area contributed by atoms with Gasteiger partial charge in [-0.1, -0.05) is 0 Å². The Hall–Kier alpha value is -1.75. The van der Waals surface area contributed by atoms with Crippen LogP contribution in [0, 0.1) is 0 Å². The highest BCUT2D eigenvalue weighted by Crippen LogP contribution is 2.30. The van der Waals surface area contributed by atoms with E-state index in [-0.39, 0.29) is 17.5 Å². The zero-order valence-electron chi connectivity index (χ0n) is 7.74. The molecule has 2 aromatic rings. The summed E-state index contributed by atoms with van der Waals surface area (Å²) < 4.78 is 0. The van der Waals surface area contributed by atoms with Gasteiger partial charge in [0.1, 0.15) is 17.3 Å². The fourth-order valence-electron chi connectivity index (χ4n) is 1.24. The first-order valence-corrected chi connectivity index (χ1v) is 4.79. The molecule has 0 atom stereocenters. The van der Waals surface area contributed by atoms with Crippen LogP contribution in [0.2, 0.25) is 0 Å². The number of benzene rings is 1. The summed E-state index contributed by atoms with van der Waals surface area (Å²) in [7, 11) is 0. The Morgan fingerprint density at radius 2 is 2.40 bits per heavy atom. The van der Waals surface area contributed by atoms with Gasteiger partial charge in [0.2, 0.25) is 0 Å². The number of fused-ring (bicyclic) bond motifs is 1. The highest BCUT2D eigenvalue weighted by atomic mass is 35.5. The number of phenolic OH excluding ortho intramolecular Hbond substituents is 1. The molecule has 0 saturated carbocycles. The molecular weight excluding hydrogens is 216 g/mol. The monoisotopic (exact) mass is 224 g/mol. The Kier molecular flexibility index (Phi) is 2.47. The number of hydrogen-bond acceptors (Lipinski definition) is 3. The molecule has 78 valence electrons. The summed E-state index contributed by atoms with van der Waals surface area (Å²) in [4.78, 5) is 3.97. The molecule has 4 N–H and O–H groups in total. The van der Waals surface area contributed by atoms with E-state index in [1.807, 2.05) is 0 Å². The van der Waals surface area contributed by atoms with E-state index in [9.17, 15) is 5.11 Å². The van der Waals surface area contributed by atoms with Gasteiger partial charge in [-0.2, -0.15) is 5.10 Å². The summed E-state index contributed by atoms with van der Waals surface area (Å²) in [5.74, 6) is 0.434. The van der Waals surface area contributed by atoms with Crippen LogP contribution in [0.3, 0.4) is 0 Å². The highest BCUT2D eigenvalue weighted by Gasteiger charge is 2.04. The van der Waals surface area contributed by atoms with Gasteiger partial charge in [-0.05, 0) is 12.1 Å². The molecule has 6 heteroatoms. The molecule has 0 aliphatic carbocycles. The molecule has 0 radical (unpaired) electrons. The summed E-state index contributed by atoms with van der Waals surface area (Å²) in [5, 5.41) is 17.1. The lowest BCUT2D eigenvalue weighted by atomic mass is 10.2. The third kappa shape index (κ3) is 1.87. The maximum absolute atomic E-state index is 9.62. The fourth-order valence-corrected chi connectivity index (χ4v) is 1.30. The molecule has 0 aliphatic rings. The van der Waals surface area contributed by atoms with Crippen LogP contribution >= 0.6 is 11.6 Å². The largest absolute Gasteiger partial charge is 0.506 e. The molecule has 0 bridgehead atoms. The second-order valence-electron chi connectivity index (χ2n) is 3.03. The van der Waals surface area contributed by atoms with E-state index in [0.29, 0.717) is 5.69 Å². The number of phenols is 1. The van der Waals surface area contributed by atoms with Crippen molar-refractivity contribution in [3.05, 3.63) is 18.3 Å². The van der Waals surface area contributed by atoms with E-state index in [1.54, 1.807) is 18.3 Å². The average molecular weight is 225 g/mol. The van der Waals surface area contributed by atoms with Crippen LogP contribution in [0.15, 0.2) is 23.3 Å². The van der Waals surface area contributed by atoms with E-state index >= 15 is 0 Å². The summed E-state index contributed by atoms with van der Waals surface area (Å²) in [6.45, 7) is 0. The topological polar surface area (TPSA) is 87.3 Å². The quantitative estimate of drug-likeness (QED) is 0.410. The zero-order valence-corrected chi connectivity index (χ0v) is 8.49. The number of nitrogens with zero attached hydrogens (tertiary/aromatic N) is 2. The van der Waals surface area contributed by atoms with Gasteiger partial charge in [0.05, 0.1) is 17.6 Å². The van der Waals surface area contributed by atoms with Gasteiger partial charge in [0.15, 0.2) is 0 Å². The first kappa shape index (κ1) is 9.79. The second-order valence-corrected chi connectivity index (χ2v) is 3.30. The highest BCUT2D eigenvalue weighted by molar-refractivity contribution is 6.28. The van der Waals surface area contributed by atoms with E-state index in [0.717, 1.165) is 10.9 Å². The number of amidine groups is 1. The molecule has 1 aromatic carbocycles. The van der Waals surface area contributed by atoms with Crippen LogP contribution in [0.4, 0.5) is 5.69 Å². The molecule has 0 unspecified atom stereocenters. The summed E-state index contributed by atoms with van der Waals surface area (Å²) in [5.41, 5.74) is 6.64. The predicted molar refractivity (Wildman–Crippen MR) is 59.8 cm³/mol. The number of aromatic hydroxyl groups is 1. The molecule has 1 heterocycles. The Balaban J connectivity index is 2.55. The molecule has 0 fully saturated rings. The van der Waals surface area contributed by atoms with Gasteiger partial charge in [-0.25, -0.2) is 4.99 Å². The third-order valence-corrected chi connectivity index (χ3v) is 2.21. The summed E-state index contributed by atoms with van der Waals surface area (Å²) in [6.07, 6.45) is 1.62. The van der Waals surface area contributed by atoms with Crippen molar-refractivity contribution in [3.63, 3.8) is 0 Å². The first-order chi connectivity index (χ1) is 7.20. The number of aromatic nitrogens is 2. The standard InChI is InChI=1S/C9H9ClN4O/c10-3-9(11)13-7-2-6-5(1-8(7)15)4-12-14-6/h1-2,4,15H,3H2,(H2,11,13)(H,12,14). The Morgan fingerprint density at radius 1 is 1.60 bits per heavy atom. The lowest BCUT2D eigenvalue weighted by Crippen LogP contribution is -2.12. The van der Waals surface area contributed by atoms with Crippen molar-refractivity contribution in [1.82, 2.24) is 10.2 Å². The number of rotatable bonds is 2. The van der Waals surface area contributed by atoms with Gasteiger partial charge in [0.25, 0.3) is 0 Å². The van der Waals surface area contributed by atoms with Gasteiger partial charge >= 0.3 is 0 Å². The first-order valence-electron chi connectivity index (χ1n) is 4.26. The van der Waals surface area contributed by atoms with Crippen molar-refractivity contribution >= 4 is 34.0 Å². The number of hydrogen-bond donors (Lipinski definition) is 3. The normalized spacial score (nSPS) is 12.2. The minimum Gasteiger partial charge on any atom is -0.506 e. The number of alkyl halides is 1. The molecule has 0 spiro atoms. The molecule has 0 aliphatic heterocycles. The lowest BCUT2D eigenvalue weighted by Gasteiger charge is -2.00. The maximum atomic E-state index is 9.62. The SMILES string of the molecule is NC(CCl)=Nc1cc2[nH]ncc2cc1O. The molecule has 2 rings (SSSR count). The van der Waals surface area contributed by atoms with Gasteiger partial charge in [-0.3, -0.25) is 5.10 Å². The number of halogens is 1. The van der Waals surface area contributed by atoms with Gasteiger partial charge in [0, 0.05) is 5.39 Å².